The SMILES string of the molecule is CC(C)(Cc1ccccc1)NC(=O)C1CCN(C(=O)c2ccccc2)CC1. The molecule has 0 radical (unpaired) electrons. The van der Waals surface area contributed by atoms with E-state index in [2.05, 4.69) is 31.3 Å². The number of hydrogen-bond acceptors (Lipinski definition) is 2. The van der Waals surface area contributed by atoms with Crippen molar-refractivity contribution in [2.75, 3.05) is 13.1 Å². The molecule has 0 aromatic heterocycles. The molecule has 0 spiro atoms. The standard InChI is InChI=1S/C23H28N2O2/c1-23(2,17-18-9-5-3-6-10-18)24-21(26)19-13-15-25(16-14-19)22(27)20-11-7-4-8-12-20/h3-12,19H,13-17H2,1-2H3,(H,24,26). The number of nitrogens with one attached hydrogen (secondary N) is 1. The number of likely N-dealkylation sites (tertiary alicyclic amines) is 1. The second-order valence-corrected chi connectivity index (χ2v) is 7.97. The summed E-state index contributed by atoms with van der Waals surface area (Å²) in [5, 5.41) is 3.21. The molecule has 1 saturated heterocycles. The molecule has 2 amide bonds. The van der Waals surface area contributed by atoms with E-state index in [1.807, 2.05) is 53.4 Å². The van der Waals surface area contributed by atoms with Gasteiger partial charge in [-0.2, -0.15) is 0 Å². The van der Waals surface area contributed by atoms with Crippen LogP contribution in [0.5, 0.6) is 0 Å². The van der Waals surface area contributed by atoms with Crippen LogP contribution >= 0.6 is 0 Å². The third-order valence-corrected chi connectivity index (χ3v) is 5.12. The third kappa shape index (κ3) is 5.19. The fraction of sp³-hybridized carbons (Fsp3) is 0.391. The first-order chi connectivity index (χ1) is 12.9. The van der Waals surface area contributed by atoms with Gasteiger partial charge < -0.3 is 10.2 Å². The normalized spacial score (nSPS) is 15.4. The van der Waals surface area contributed by atoms with Crippen molar-refractivity contribution in [2.45, 2.75) is 38.6 Å². The van der Waals surface area contributed by atoms with Crippen molar-refractivity contribution in [3.8, 4) is 0 Å². The first kappa shape index (κ1) is 19.2. The lowest BCUT2D eigenvalue weighted by molar-refractivity contribution is -0.127. The molecule has 1 aliphatic rings. The fourth-order valence-corrected chi connectivity index (χ4v) is 3.69. The summed E-state index contributed by atoms with van der Waals surface area (Å²) < 4.78 is 0. The van der Waals surface area contributed by atoms with Crippen molar-refractivity contribution in [1.29, 1.82) is 0 Å². The molecule has 4 nitrogen and oxygen atoms in total. The monoisotopic (exact) mass is 364 g/mol. The summed E-state index contributed by atoms with van der Waals surface area (Å²) in [4.78, 5) is 27.1. The number of carbonyl (C=O) groups excluding carboxylic acids is 2. The second-order valence-electron chi connectivity index (χ2n) is 7.97. The number of rotatable bonds is 5. The first-order valence-electron chi connectivity index (χ1n) is 9.65. The highest BCUT2D eigenvalue weighted by atomic mass is 16.2. The number of carbonyl (C=O) groups is 2. The number of nitrogens with zero attached hydrogens (tertiary/aromatic N) is 1. The average Bonchev–Trinajstić information content (AvgIpc) is 2.68. The fourth-order valence-electron chi connectivity index (χ4n) is 3.69. The summed E-state index contributed by atoms with van der Waals surface area (Å²) in [6.45, 7) is 5.38. The van der Waals surface area contributed by atoms with Gasteiger partial charge in [-0.3, -0.25) is 9.59 Å². The largest absolute Gasteiger partial charge is 0.351 e. The molecule has 1 N–H and O–H groups in total. The molecule has 1 fully saturated rings. The predicted octanol–water partition coefficient (Wildman–Crippen LogP) is 3.68. The summed E-state index contributed by atoms with van der Waals surface area (Å²) in [7, 11) is 0. The van der Waals surface area contributed by atoms with Gasteiger partial charge in [0.1, 0.15) is 0 Å². The van der Waals surface area contributed by atoms with Crippen LogP contribution < -0.4 is 5.32 Å². The van der Waals surface area contributed by atoms with E-state index >= 15 is 0 Å². The van der Waals surface area contributed by atoms with Crippen LogP contribution in [-0.4, -0.2) is 35.3 Å². The van der Waals surface area contributed by atoms with Gasteiger partial charge >= 0.3 is 0 Å². The molecule has 0 bridgehead atoms. The minimum atomic E-state index is -0.296. The van der Waals surface area contributed by atoms with Gasteiger partial charge in [-0.15, -0.1) is 0 Å². The topological polar surface area (TPSA) is 49.4 Å². The zero-order valence-corrected chi connectivity index (χ0v) is 16.2. The van der Waals surface area contributed by atoms with Crippen LogP contribution in [0.25, 0.3) is 0 Å². The Hall–Kier alpha value is -2.62. The number of piperidine rings is 1. The zero-order chi connectivity index (χ0) is 19.3. The first-order valence-corrected chi connectivity index (χ1v) is 9.65. The van der Waals surface area contributed by atoms with Crippen LogP contribution in [0.4, 0.5) is 0 Å². The maximum Gasteiger partial charge on any atom is 0.253 e. The van der Waals surface area contributed by atoms with Crippen molar-refractivity contribution in [3.05, 3.63) is 71.8 Å². The van der Waals surface area contributed by atoms with Gasteiger partial charge in [0.05, 0.1) is 0 Å². The van der Waals surface area contributed by atoms with E-state index in [1.54, 1.807) is 0 Å². The van der Waals surface area contributed by atoms with Gasteiger partial charge in [0.15, 0.2) is 0 Å². The molecular weight excluding hydrogens is 336 g/mol. The van der Waals surface area contributed by atoms with Gasteiger partial charge in [0.25, 0.3) is 5.91 Å². The minimum Gasteiger partial charge on any atom is -0.351 e. The molecule has 0 aliphatic carbocycles. The van der Waals surface area contributed by atoms with Crippen LogP contribution in [-0.2, 0) is 11.2 Å². The van der Waals surface area contributed by atoms with Crippen molar-refractivity contribution in [3.63, 3.8) is 0 Å². The van der Waals surface area contributed by atoms with Crippen LogP contribution in [0.15, 0.2) is 60.7 Å². The van der Waals surface area contributed by atoms with Crippen molar-refractivity contribution >= 4 is 11.8 Å². The van der Waals surface area contributed by atoms with E-state index in [0.29, 0.717) is 31.5 Å². The third-order valence-electron chi connectivity index (χ3n) is 5.12. The van der Waals surface area contributed by atoms with Gasteiger partial charge in [-0.25, -0.2) is 0 Å². The molecule has 2 aromatic rings. The molecule has 4 heteroatoms. The van der Waals surface area contributed by atoms with Gasteiger partial charge in [-0.05, 0) is 50.8 Å². The van der Waals surface area contributed by atoms with E-state index in [4.69, 9.17) is 0 Å². The molecule has 1 aliphatic heterocycles. The Kier molecular flexibility index (Phi) is 5.94. The molecule has 2 aromatic carbocycles. The highest BCUT2D eigenvalue weighted by Crippen LogP contribution is 2.21. The molecule has 1 heterocycles. The van der Waals surface area contributed by atoms with Crippen molar-refractivity contribution < 1.29 is 9.59 Å². The Bertz CT molecular complexity index is 763. The lowest BCUT2D eigenvalue weighted by Crippen LogP contribution is -2.50. The smallest absolute Gasteiger partial charge is 0.253 e. The number of benzene rings is 2. The van der Waals surface area contributed by atoms with E-state index in [0.717, 1.165) is 6.42 Å². The van der Waals surface area contributed by atoms with Gasteiger partial charge in [0, 0.05) is 30.1 Å². The van der Waals surface area contributed by atoms with Crippen molar-refractivity contribution in [2.24, 2.45) is 5.92 Å². The quantitative estimate of drug-likeness (QED) is 0.880. The Labute approximate surface area is 161 Å². The summed E-state index contributed by atoms with van der Waals surface area (Å²) in [6.07, 6.45) is 2.22. The lowest BCUT2D eigenvalue weighted by Gasteiger charge is -2.34. The van der Waals surface area contributed by atoms with Crippen LogP contribution in [0.1, 0.15) is 42.6 Å². The number of hydrogen-bond donors (Lipinski definition) is 1. The molecular formula is C23H28N2O2. The minimum absolute atomic E-state index is 0.0279. The Morgan fingerprint density at radius 1 is 0.963 bits per heavy atom. The summed E-state index contributed by atoms with van der Waals surface area (Å²) in [6, 6.07) is 19.6. The summed E-state index contributed by atoms with van der Waals surface area (Å²) in [5.41, 5.74) is 1.63. The molecule has 0 saturated carbocycles. The highest BCUT2D eigenvalue weighted by Gasteiger charge is 2.30. The predicted molar refractivity (Wildman–Crippen MR) is 107 cm³/mol. The molecule has 0 atom stereocenters. The highest BCUT2D eigenvalue weighted by molar-refractivity contribution is 5.94. The maximum absolute atomic E-state index is 12.7. The Morgan fingerprint density at radius 2 is 1.52 bits per heavy atom. The molecule has 0 unspecified atom stereocenters. The molecule has 142 valence electrons. The van der Waals surface area contributed by atoms with Gasteiger partial charge in [-0.1, -0.05) is 48.5 Å². The van der Waals surface area contributed by atoms with E-state index < -0.39 is 0 Å². The lowest BCUT2D eigenvalue weighted by atomic mass is 9.91. The summed E-state index contributed by atoms with van der Waals surface area (Å²) >= 11 is 0. The van der Waals surface area contributed by atoms with Gasteiger partial charge in [0.2, 0.25) is 5.91 Å². The van der Waals surface area contributed by atoms with Crippen LogP contribution in [0.2, 0.25) is 0 Å². The Balaban J connectivity index is 1.51. The van der Waals surface area contributed by atoms with Crippen LogP contribution in [0.3, 0.4) is 0 Å². The zero-order valence-electron chi connectivity index (χ0n) is 16.2. The van der Waals surface area contributed by atoms with E-state index in [-0.39, 0.29) is 23.3 Å². The Morgan fingerprint density at radius 3 is 2.11 bits per heavy atom. The summed E-state index contributed by atoms with van der Waals surface area (Å²) in [5.74, 6) is 0.126. The van der Waals surface area contributed by atoms with E-state index in [9.17, 15) is 9.59 Å². The molecule has 27 heavy (non-hydrogen) atoms. The molecule has 3 rings (SSSR count). The average molecular weight is 364 g/mol. The number of amides is 2. The van der Waals surface area contributed by atoms with Crippen molar-refractivity contribution in [1.82, 2.24) is 10.2 Å². The van der Waals surface area contributed by atoms with Crippen LogP contribution in [0, 0.1) is 5.92 Å². The second kappa shape index (κ2) is 8.38. The van der Waals surface area contributed by atoms with E-state index in [1.165, 1.54) is 5.56 Å². The maximum atomic E-state index is 12.7.